The Balaban J connectivity index is 1.12. The fourth-order valence-electron chi connectivity index (χ4n) is 8.31. The monoisotopic (exact) mass is 681 g/mol. The molecule has 6 rings (SSSR count). The topological polar surface area (TPSA) is 92.2 Å². The third kappa shape index (κ3) is 7.48. The lowest BCUT2D eigenvalue weighted by Crippen LogP contribution is -2.44. The number of piperidine rings is 1. The average molecular weight is 682 g/mol. The van der Waals surface area contributed by atoms with Crippen molar-refractivity contribution in [2.75, 3.05) is 37.7 Å². The van der Waals surface area contributed by atoms with E-state index >= 15 is 0 Å². The van der Waals surface area contributed by atoms with E-state index in [1.54, 1.807) is 6.20 Å². The second-order valence-corrected chi connectivity index (χ2v) is 15.7. The first kappa shape index (κ1) is 36.1. The number of anilines is 1. The molecule has 50 heavy (non-hydrogen) atoms. The molecule has 5 heterocycles. The molecule has 270 valence electrons. The van der Waals surface area contributed by atoms with Gasteiger partial charge in [-0.15, -0.1) is 0 Å². The van der Waals surface area contributed by atoms with Gasteiger partial charge < -0.3 is 14.5 Å². The maximum Gasteiger partial charge on any atom is 0.223 e. The summed E-state index contributed by atoms with van der Waals surface area (Å²) < 4.78 is 7.55. The van der Waals surface area contributed by atoms with Crippen molar-refractivity contribution in [1.82, 2.24) is 29.9 Å². The highest BCUT2D eigenvalue weighted by molar-refractivity contribution is 5.95. The molecule has 2 aliphatic heterocycles. The minimum absolute atomic E-state index is 0.220. The van der Waals surface area contributed by atoms with E-state index in [1.807, 2.05) is 16.9 Å². The molecule has 0 radical (unpaired) electrons. The van der Waals surface area contributed by atoms with Crippen LogP contribution in [-0.4, -0.2) is 74.7 Å². The summed E-state index contributed by atoms with van der Waals surface area (Å²) in [6.07, 6.45) is 7.52. The van der Waals surface area contributed by atoms with Crippen LogP contribution in [0.5, 0.6) is 0 Å². The first-order chi connectivity index (χ1) is 24.1. The summed E-state index contributed by atoms with van der Waals surface area (Å²) in [4.78, 5) is 23.0. The second kappa shape index (κ2) is 15.7. The van der Waals surface area contributed by atoms with E-state index in [9.17, 15) is 4.79 Å². The number of H-pyrrole nitrogens is 1. The second-order valence-electron chi connectivity index (χ2n) is 15.7. The summed E-state index contributed by atoms with van der Waals surface area (Å²) >= 11 is 0. The number of nitrogens with zero attached hydrogens (tertiary/aromatic N) is 6. The van der Waals surface area contributed by atoms with Crippen LogP contribution in [0.3, 0.4) is 0 Å². The number of fused-ring (bicyclic) bond motifs is 1. The maximum atomic E-state index is 13.4. The molecular weight excluding hydrogens is 622 g/mol. The Morgan fingerprint density at radius 3 is 2.36 bits per heavy atom. The van der Waals surface area contributed by atoms with Gasteiger partial charge in [0.1, 0.15) is 5.82 Å². The molecule has 3 aromatic heterocycles. The Kier molecular flexibility index (Phi) is 11.3. The van der Waals surface area contributed by atoms with Gasteiger partial charge in [-0.25, -0.2) is 4.98 Å². The molecule has 1 aromatic carbocycles. The number of carbonyl (C=O) groups is 1. The molecule has 2 fully saturated rings. The minimum Gasteiger partial charge on any atom is -0.377 e. The summed E-state index contributed by atoms with van der Waals surface area (Å²) in [5.41, 5.74) is 4.23. The van der Waals surface area contributed by atoms with E-state index in [0.717, 1.165) is 78.1 Å². The number of benzene rings is 1. The molecule has 0 saturated carbocycles. The van der Waals surface area contributed by atoms with Crippen molar-refractivity contribution in [3.63, 3.8) is 0 Å². The van der Waals surface area contributed by atoms with Crippen molar-refractivity contribution < 1.29 is 9.53 Å². The van der Waals surface area contributed by atoms with E-state index in [0.29, 0.717) is 49.2 Å². The van der Waals surface area contributed by atoms with Crippen LogP contribution < -0.4 is 4.90 Å². The number of rotatable bonds is 13. The number of morpholine rings is 1. The molecule has 9 nitrogen and oxygen atoms in total. The third-order valence-electron chi connectivity index (χ3n) is 12.9. The Labute approximate surface area is 299 Å². The van der Waals surface area contributed by atoms with Crippen molar-refractivity contribution in [3.05, 3.63) is 54.4 Å². The number of likely N-dealkylation sites (tertiary alicyclic amines) is 1. The number of nitrogens with one attached hydrogen (secondary N) is 1. The first-order valence-electron chi connectivity index (χ1n) is 19.2. The van der Waals surface area contributed by atoms with Crippen LogP contribution in [-0.2, 0) is 9.53 Å². The largest absolute Gasteiger partial charge is 0.377 e. The van der Waals surface area contributed by atoms with Gasteiger partial charge in [0.15, 0.2) is 11.5 Å². The van der Waals surface area contributed by atoms with Crippen molar-refractivity contribution in [2.45, 2.75) is 93.0 Å². The predicted octanol–water partition coefficient (Wildman–Crippen LogP) is 8.36. The Hall–Kier alpha value is -3.72. The van der Waals surface area contributed by atoms with Crippen LogP contribution in [0.1, 0.15) is 92.6 Å². The van der Waals surface area contributed by atoms with Crippen molar-refractivity contribution in [2.24, 2.45) is 35.5 Å². The van der Waals surface area contributed by atoms with Crippen LogP contribution in [0, 0.1) is 35.5 Å². The van der Waals surface area contributed by atoms with Gasteiger partial charge in [-0.05, 0) is 83.9 Å². The van der Waals surface area contributed by atoms with E-state index in [1.165, 1.54) is 12.0 Å². The zero-order valence-electron chi connectivity index (χ0n) is 31.6. The molecule has 4 aromatic rings. The summed E-state index contributed by atoms with van der Waals surface area (Å²) in [6.45, 7) is 22.9. The summed E-state index contributed by atoms with van der Waals surface area (Å²) in [5.74, 6) is 6.32. The van der Waals surface area contributed by atoms with E-state index in [2.05, 4.69) is 106 Å². The lowest BCUT2D eigenvalue weighted by molar-refractivity contribution is -0.134. The Bertz CT molecular complexity index is 1700. The number of amides is 1. The molecule has 0 spiro atoms. The lowest BCUT2D eigenvalue weighted by atomic mass is 9.70. The fourth-order valence-corrected chi connectivity index (χ4v) is 8.31. The van der Waals surface area contributed by atoms with Gasteiger partial charge in [-0.2, -0.15) is 14.9 Å². The van der Waals surface area contributed by atoms with Gasteiger partial charge in [0.05, 0.1) is 31.6 Å². The molecule has 1 N–H and O–H groups in total. The van der Waals surface area contributed by atoms with Crippen molar-refractivity contribution >= 4 is 22.8 Å². The Morgan fingerprint density at radius 1 is 0.960 bits per heavy atom. The summed E-state index contributed by atoms with van der Waals surface area (Å²) in [5, 5.41) is 12.9. The van der Waals surface area contributed by atoms with Gasteiger partial charge in [-0.3, -0.25) is 9.89 Å². The maximum absolute atomic E-state index is 13.4. The van der Waals surface area contributed by atoms with Gasteiger partial charge in [0.25, 0.3) is 0 Å². The van der Waals surface area contributed by atoms with Gasteiger partial charge >= 0.3 is 0 Å². The number of aromatic amines is 1. The predicted molar refractivity (Wildman–Crippen MR) is 203 cm³/mol. The zero-order valence-corrected chi connectivity index (χ0v) is 31.6. The van der Waals surface area contributed by atoms with Crippen molar-refractivity contribution in [3.8, 4) is 16.9 Å². The first-order valence-corrected chi connectivity index (χ1v) is 19.2. The van der Waals surface area contributed by atoms with Crippen LogP contribution >= 0.6 is 0 Å². The molecule has 9 heteroatoms. The fraction of sp³-hybridized carbons (Fsp3) is 0.610. The van der Waals surface area contributed by atoms with Gasteiger partial charge in [-0.1, -0.05) is 79.2 Å². The molecule has 2 aliphatic rings. The minimum atomic E-state index is 0.220. The van der Waals surface area contributed by atoms with Crippen molar-refractivity contribution in [1.29, 1.82) is 0 Å². The summed E-state index contributed by atoms with van der Waals surface area (Å²) in [6, 6.07) is 13.2. The summed E-state index contributed by atoms with van der Waals surface area (Å²) in [7, 11) is 0. The molecule has 2 saturated heterocycles. The van der Waals surface area contributed by atoms with Gasteiger partial charge in [0.2, 0.25) is 5.91 Å². The average Bonchev–Trinajstić information content (AvgIpc) is 3.83. The number of hydrogen-bond donors (Lipinski definition) is 1. The quantitative estimate of drug-likeness (QED) is 0.153. The van der Waals surface area contributed by atoms with Crippen LogP contribution in [0.25, 0.3) is 28.0 Å². The van der Waals surface area contributed by atoms with E-state index in [4.69, 9.17) is 14.8 Å². The highest BCUT2D eigenvalue weighted by Crippen LogP contribution is 2.38. The molecule has 7 unspecified atom stereocenters. The van der Waals surface area contributed by atoms with E-state index < -0.39 is 0 Å². The highest BCUT2D eigenvalue weighted by atomic mass is 16.5. The molecule has 0 aliphatic carbocycles. The zero-order chi connectivity index (χ0) is 35.5. The van der Waals surface area contributed by atoms with Gasteiger partial charge in [0, 0.05) is 37.5 Å². The number of hydrogen-bond acceptors (Lipinski definition) is 6. The van der Waals surface area contributed by atoms with Crippen LogP contribution in [0.4, 0.5) is 5.82 Å². The highest BCUT2D eigenvalue weighted by Gasteiger charge is 2.31. The Morgan fingerprint density at radius 2 is 1.70 bits per heavy atom. The lowest BCUT2D eigenvalue weighted by Gasteiger charge is -2.37. The third-order valence-corrected chi connectivity index (χ3v) is 12.9. The SMILES string of the molecule is CCC(C)C(C)C(C)C(C)C(C)C(C)CCN1CCC(c2ccc(-c3cc(N4CCOC[C@H]4C)nc4c3cnn4-c3ccn[nH]3)cc2)CC1=O. The molecule has 1 amide bonds. The van der Waals surface area contributed by atoms with E-state index in [-0.39, 0.29) is 12.0 Å². The van der Waals surface area contributed by atoms with Crippen LogP contribution in [0.15, 0.2) is 48.8 Å². The molecule has 8 atom stereocenters. The smallest absolute Gasteiger partial charge is 0.223 e. The number of ether oxygens (including phenoxy) is 1. The number of carbonyl (C=O) groups excluding carboxylic acids is 1. The van der Waals surface area contributed by atoms with Crippen LogP contribution in [0.2, 0.25) is 0 Å². The standard InChI is InChI=1S/C41H59N7O2/c1-9-26(2)29(5)31(7)32(8)30(6)27(3)15-18-46-19-16-35(22-40(46)49)33-10-12-34(13-11-33)36-23-39(47-20-21-50-25-28(47)4)44-41-37(36)24-43-48(41)38-14-17-42-45-38/h10-14,17,23-24,26-32,35H,9,15-16,18-22,25H2,1-8H3,(H,42,45)/t26?,27?,28-,29?,30?,31?,32?,35?/m1/s1. The normalized spacial score (nSPS) is 22.4. The molecule has 0 bridgehead atoms. The molecular formula is C41H59N7O2. The number of pyridine rings is 1. The number of aromatic nitrogens is 5.